The van der Waals surface area contributed by atoms with Gasteiger partial charge in [0, 0.05) is 35.4 Å². The standard InChI is InChI=1S/C25H28Cl2N4O3/c1-14(34-22-8-3-16(26)10-21(22)27)24(32)30-18-11-19-6-7-20(12-18)31(19)23-9-2-15(13-28-23)25(33)29-17-4-5-17/h2-3,8-10,13-14,17-20H,4-7,11-12H2,1H3,(H,29,33)(H,30,32)/t14?,18-,19+,20-. The summed E-state index contributed by atoms with van der Waals surface area (Å²) in [6.07, 6.45) is 6.94. The molecule has 1 aromatic carbocycles. The Bertz CT molecular complexity index is 1060. The molecular formula is C25H28Cl2N4O3. The minimum Gasteiger partial charge on any atom is -0.479 e. The van der Waals surface area contributed by atoms with E-state index >= 15 is 0 Å². The van der Waals surface area contributed by atoms with Crippen LogP contribution in [0.3, 0.4) is 0 Å². The summed E-state index contributed by atoms with van der Waals surface area (Å²) in [7, 11) is 0. The monoisotopic (exact) mass is 502 g/mol. The first kappa shape index (κ1) is 23.2. The number of amides is 2. The van der Waals surface area contributed by atoms with Crippen molar-refractivity contribution in [2.45, 2.75) is 75.7 Å². The topological polar surface area (TPSA) is 83.6 Å². The lowest BCUT2D eigenvalue weighted by Gasteiger charge is -2.40. The van der Waals surface area contributed by atoms with Crippen LogP contribution in [0.2, 0.25) is 10.0 Å². The average Bonchev–Trinajstić information content (AvgIpc) is 3.58. The SMILES string of the molecule is CC(Oc1ccc(Cl)cc1Cl)C(=O)N[C@H]1C[C@H]2CC[C@@H](C1)N2c1ccc(C(=O)NC2CC2)cn1. The molecule has 9 heteroatoms. The smallest absolute Gasteiger partial charge is 0.260 e. The Morgan fingerprint density at radius 2 is 1.76 bits per heavy atom. The summed E-state index contributed by atoms with van der Waals surface area (Å²) in [4.78, 5) is 32.0. The molecule has 2 saturated heterocycles. The van der Waals surface area contributed by atoms with Gasteiger partial charge in [-0.15, -0.1) is 0 Å². The zero-order valence-corrected chi connectivity index (χ0v) is 20.5. The van der Waals surface area contributed by atoms with Crippen LogP contribution in [0, 0.1) is 0 Å². The van der Waals surface area contributed by atoms with Crippen molar-refractivity contribution in [2.75, 3.05) is 4.90 Å². The summed E-state index contributed by atoms with van der Waals surface area (Å²) in [6.45, 7) is 1.72. The number of fused-ring (bicyclic) bond motifs is 2. The van der Waals surface area contributed by atoms with E-state index < -0.39 is 6.10 Å². The van der Waals surface area contributed by atoms with Crippen LogP contribution in [0.1, 0.15) is 55.8 Å². The van der Waals surface area contributed by atoms with Gasteiger partial charge in [-0.3, -0.25) is 9.59 Å². The van der Waals surface area contributed by atoms with Gasteiger partial charge in [0.05, 0.1) is 10.6 Å². The lowest BCUT2D eigenvalue weighted by molar-refractivity contribution is -0.128. The third-order valence-electron chi connectivity index (χ3n) is 6.83. The maximum atomic E-state index is 12.8. The Labute approximate surface area is 209 Å². The van der Waals surface area contributed by atoms with Gasteiger partial charge >= 0.3 is 0 Å². The van der Waals surface area contributed by atoms with Gasteiger partial charge < -0.3 is 20.3 Å². The molecule has 34 heavy (non-hydrogen) atoms. The van der Waals surface area contributed by atoms with Gasteiger partial charge in [-0.1, -0.05) is 23.2 Å². The van der Waals surface area contributed by atoms with Gasteiger partial charge in [0.25, 0.3) is 11.8 Å². The minimum atomic E-state index is -0.676. The number of nitrogens with zero attached hydrogens (tertiary/aromatic N) is 2. The number of hydrogen-bond donors (Lipinski definition) is 2. The van der Waals surface area contributed by atoms with Crippen molar-refractivity contribution in [1.82, 2.24) is 15.6 Å². The van der Waals surface area contributed by atoms with E-state index in [1.54, 1.807) is 31.3 Å². The molecule has 0 spiro atoms. The Kier molecular flexibility index (Phi) is 6.58. The first-order valence-corrected chi connectivity index (χ1v) is 12.6. The van der Waals surface area contributed by atoms with E-state index in [9.17, 15) is 9.59 Å². The van der Waals surface area contributed by atoms with Crippen LogP contribution in [0.15, 0.2) is 36.5 Å². The molecule has 3 heterocycles. The number of ether oxygens (including phenoxy) is 1. The summed E-state index contributed by atoms with van der Waals surface area (Å²) in [5.41, 5.74) is 0.597. The summed E-state index contributed by atoms with van der Waals surface area (Å²) < 4.78 is 5.77. The number of aromatic nitrogens is 1. The van der Waals surface area contributed by atoms with Crippen molar-refractivity contribution in [3.63, 3.8) is 0 Å². The molecule has 2 bridgehead atoms. The van der Waals surface area contributed by atoms with Crippen LogP contribution in [0.25, 0.3) is 0 Å². The highest BCUT2D eigenvalue weighted by Gasteiger charge is 2.42. The zero-order valence-electron chi connectivity index (χ0n) is 19.0. The van der Waals surface area contributed by atoms with Crippen molar-refractivity contribution < 1.29 is 14.3 Å². The maximum absolute atomic E-state index is 12.8. The number of piperidine rings is 1. The van der Waals surface area contributed by atoms with Crippen LogP contribution < -0.4 is 20.3 Å². The van der Waals surface area contributed by atoms with E-state index in [4.69, 9.17) is 27.9 Å². The molecule has 7 nitrogen and oxygen atoms in total. The Balaban J connectivity index is 1.17. The third-order valence-corrected chi connectivity index (χ3v) is 7.36. The lowest BCUT2D eigenvalue weighted by Crippen LogP contribution is -2.52. The van der Waals surface area contributed by atoms with Crippen molar-refractivity contribution in [2.24, 2.45) is 0 Å². The van der Waals surface area contributed by atoms with E-state index in [0.29, 0.717) is 39.5 Å². The van der Waals surface area contributed by atoms with Gasteiger partial charge in [0.15, 0.2) is 6.10 Å². The molecular weight excluding hydrogens is 475 g/mol. The second-order valence-electron chi connectivity index (χ2n) is 9.46. The summed E-state index contributed by atoms with van der Waals surface area (Å²) in [6, 6.07) is 9.77. The first-order chi connectivity index (χ1) is 16.4. The molecule has 5 rings (SSSR count). The number of carbonyl (C=O) groups is 2. The largest absolute Gasteiger partial charge is 0.479 e. The lowest BCUT2D eigenvalue weighted by atomic mass is 9.97. The predicted octanol–water partition coefficient (Wildman–Crippen LogP) is 4.36. The van der Waals surface area contributed by atoms with E-state index in [-0.39, 0.29) is 17.9 Å². The zero-order chi connectivity index (χ0) is 23.8. The molecule has 1 unspecified atom stereocenters. The van der Waals surface area contributed by atoms with Gasteiger partial charge in [-0.2, -0.15) is 0 Å². The molecule has 3 aliphatic rings. The van der Waals surface area contributed by atoms with Crippen LogP contribution in [-0.4, -0.2) is 47.1 Å². The summed E-state index contributed by atoms with van der Waals surface area (Å²) in [5.74, 6) is 1.12. The highest BCUT2D eigenvalue weighted by atomic mass is 35.5. The van der Waals surface area contributed by atoms with Crippen molar-refractivity contribution in [3.8, 4) is 5.75 Å². The maximum Gasteiger partial charge on any atom is 0.260 e. The van der Waals surface area contributed by atoms with Crippen molar-refractivity contribution in [1.29, 1.82) is 0 Å². The molecule has 0 radical (unpaired) electrons. The number of benzene rings is 1. The summed E-state index contributed by atoms with van der Waals surface area (Å²) >= 11 is 12.1. The molecule has 1 aliphatic carbocycles. The molecule has 4 atom stereocenters. The average molecular weight is 503 g/mol. The third kappa shape index (κ3) is 5.10. The highest BCUT2D eigenvalue weighted by molar-refractivity contribution is 6.35. The normalized spacial score (nSPS) is 24.4. The second-order valence-corrected chi connectivity index (χ2v) is 10.3. The number of carbonyl (C=O) groups excluding carboxylic acids is 2. The fourth-order valence-electron chi connectivity index (χ4n) is 4.97. The molecule has 2 aromatic rings. The minimum absolute atomic E-state index is 0.0535. The number of anilines is 1. The number of rotatable bonds is 7. The predicted molar refractivity (Wildman–Crippen MR) is 132 cm³/mol. The fourth-order valence-corrected chi connectivity index (χ4v) is 5.42. The van der Waals surface area contributed by atoms with Crippen LogP contribution in [0.4, 0.5) is 5.82 Å². The van der Waals surface area contributed by atoms with Crippen LogP contribution >= 0.6 is 23.2 Å². The molecule has 1 saturated carbocycles. The number of halogens is 2. The van der Waals surface area contributed by atoms with E-state index in [1.165, 1.54) is 0 Å². The summed E-state index contributed by atoms with van der Waals surface area (Å²) in [5, 5.41) is 7.05. The quantitative estimate of drug-likeness (QED) is 0.587. The number of hydrogen-bond acceptors (Lipinski definition) is 5. The number of nitrogens with one attached hydrogen (secondary N) is 2. The molecule has 180 valence electrons. The van der Waals surface area contributed by atoms with E-state index in [2.05, 4.69) is 20.5 Å². The van der Waals surface area contributed by atoms with Crippen molar-refractivity contribution in [3.05, 3.63) is 52.1 Å². The Hall–Kier alpha value is -2.51. The van der Waals surface area contributed by atoms with Gasteiger partial charge in [0.2, 0.25) is 0 Å². The van der Waals surface area contributed by atoms with Gasteiger partial charge in [-0.25, -0.2) is 4.98 Å². The fraction of sp³-hybridized carbons (Fsp3) is 0.480. The molecule has 3 fully saturated rings. The highest BCUT2D eigenvalue weighted by Crippen LogP contribution is 2.38. The van der Waals surface area contributed by atoms with Crippen LogP contribution in [0.5, 0.6) is 5.75 Å². The second kappa shape index (κ2) is 9.62. The molecule has 1 aromatic heterocycles. The molecule has 2 aliphatic heterocycles. The van der Waals surface area contributed by atoms with Crippen molar-refractivity contribution >= 4 is 40.8 Å². The Morgan fingerprint density at radius 3 is 2.38 bits per heavy atom. The Morgan fingerprint density at radius 1 is 1.03 bits per heavy atom. The van der Waals surface area contributed by atoms with Gasteiger partial charge in [-0.05, 0) is 75.8 Å². The molecule has 2 amide bonds. The van der Waals surface area contributed by atoms with E-state index in [0.717, 1.165) is 44.3 Å². The van der Waals surface area contributed by atoms with Gasteiger partial charge in [0.1, 0.15) is 11.6 Å². The number of pyridine rings is 1. The van der Waals surface area contributed by atoms with E-state index in [1.807, 2.05) is 12.1 Å². The molecule has 2 N–H and O–H groups in total. The first-order valence-electron chi connectivity index (χ1n) is 11.8. The van der Waals surface area contributed by atoms with Crippen LogP contribution in [-0.2, 0) is 4.79 Å².